The number of thioether (sulfide) groups is 1. The number of ether oxygens (including phenoxy) is 1. The van der Waals surface area contributed by atoms with E-state index in [1.165, 1.54) is 0 Å². The SMILES string of the molecule is COc1cccc([C@@H]2CCCN2C(=O)CN2CSCC2=O)c1. The van der Waals surface area contributed by atoms with Gasteiger partial charge in [0.05, 0.1) is 24.8 Å². The molecule has 22 heavy (non-hydrogen) atoms. The maximum atomic E-state index is 12.6. The average Bonchev–Trinajstić information content (AvgIpc) is 3.17. The number of likely N-dealkylation sites (tertiary alicyclic amines) is 1. The third-order valence-electron chi connectivity index (χ3n) is 4.20. The number of benzene rings is 1. The van der Waals surface area contributed by atoms with Crippen molar-refractivity contribution in [2.45, 2.75) is 18.9 Å². The van der Waals surface area contributed by atoms with Gasteiger partial charge in [-0.15, -0.1) is 11.8 Å². The maximum Gasteiger partial charge on any atom is 0.242 e. The van der Waals surface area contributed by atoms with Crippen molar-refractivity contribution in [1.29, 1.82) is 0 Å². The fraction of sp³-hybridized carbons (Fsp3) is 0.500. The lowest BCUT2D eigenvalue weighted by Gasteiger charge is -2.27. The number of methoxy groups -OCH3 is 1. The largest absolute Gasteiger partial charge is 0.497 e. The zero-order valence-corrected chi connectivity index (χ0v) is 13.5. The molecule has 2 saturated heterocycles. The standard InChI is InChI=1S/C16H20N2O3S/c1-21-13-5-2-4-12(8-13)14-6-3-7-18(14)15(19)9-17-11-22-10-16(17)20/h2,4-5,8,14H,3,6-7,9-11H2,1H3/t14-/m0/s1. The first-order valence-corrected chi connectivity index (χ1v) is 8.63. The molecule has 2 heterocycles. The van der Waals surface area contributed by atoms with Gasteiger partial charge in [-0.25, -0.2) is 0 Å². The van der Waals surface area contributed by atoms with Crippen LogP contribution in [-0.2, 0) is 9.59 Å². The van der Waals surface area contributed by atoms with E-state index in [0.29, 0.717) is 11.6 Å². The molecule has 2 aliphatic heterocycles. The van der Waals surface area contributed by atoms with Gasteiger partial charge in [0.25, 0.3) is 0 Å². The van der Waals surface area contributed by atoms with Crippen LogP contribution in [0, 0.1) is 0 Å². The normalized spacial score (nSPS) is 21.5. The summed E-state index contributed by atoms with van der Waals surface area (Å²) in [6.45, 7) is 0.961. The van der Waals surface area contributed by atoms with Gasteiger partial charge in [-0.3, -0.25) is 9.59 Å². The van der Waals surface area contributed by atoms with E-state index in [9.17, 15) is 9.59 Å². The number of rotatable bonds is 4. The van der Waals surface area contributed by atoms with Crippen molar-refractivity contribution in [2.75, 3.05) is 31.8 Å². The smallest absolute Gasteiger partial charge is 0.242 e. The summed E-state index contributed by atoms with van der Waals surface area (Å²) >= 11 is 1.57. The zero-order chi connectivity index (χ0) is 15.5. The summed E-state index contributed by atoms with van der Waals surface area (Å²) in [7, 11) is 1.65. The van der Waals surface area contributed by atoms with Crippen molar-refractivity contribution < 1.29 is 14.3 Å². The Morgan fingerprint density at radius 3 is 3.05 bits per heavy atom. The summed E-state index contributed by atoms with van der Waals surface area (Å²) in [5.41, 5.74) is 1.10. The minimum Gasteiger partial charge on any atom is -0.497 e. The second kappa shape index (κ2) is 6.60. The first kappa shape index (κ1) is 15.2. The summed E-state index contributed by atoms with van der Waals surface area (Å²) < 4.78 is 5.27. The Morgan fingerprint density at radius 1 is 1.45 bits per heavy atom. The Kier molecular flexibility index (Phi) is 4.57. The Bertz CT molecular complexity index is 578. The molecule has 2 aliphatic rings. The molecule has 0 aromatic heterocycles. The molecule has 3 rings (SSSR count). The monoisotopic (exact) mass is 320 g/mol. The van der Waals surface area contributed by atoms with E-state index >= 15 is 0 Å². The van der Waals surface area contributed by atoms with Crippen molar-refractivity contribution in [1.82, 2.24) is 9.80 Å². The summed E-state index contributed by atoms with van der Waals surface area (Å²) in [5.74, 6) is 2.04. The highest BCUT2D eigenvalue weighted by Gasteiger charge is 2.32. The van der Waals surface area contributed by atoms with E-state index in [0.717, 1.165) is 30.7 Å². The third kappa shape index (κ3) is 3.06. The van der Waals surface area contributed by atoms with Crippen molar-refractivity contribution in [2.24, 2.45) is 0 Å². The van der Waals surface area contributed by atoms with Crippen LogP contribution < -0.4 is 4.74 Å². The molecular formula is C16H20N2O3S. The van der Waals surface area contributed by atoms with Crippen LogP contribution in [0.1, 0.15) is 24.4 Å². The Hall–Kier alpha value is -1.69. The lowest BCUT2D eigenvalue weighted by Crippen LogP contribution is -2.40. The van der Waals surface area contributed by atoms with Crippen LogP contribution in [0.4, 0.5) is 0 Å². The molecule has 0 N–H and O–H groups in total. The van der Waals surface area contributed by atoms with Crippen LogP contribution >= 0.6 is 11.8 Å². The molecule has 118 valence electrons. The molecule has 0 radical (unpaired) electrons. The summed E-state index contributed by atoms with van der Waals surface area (Å²) in [6.07, 6.45) is 1.96. The van der Waals surface area contributed by atoms with E-state index in [1.807, 2.05) is 29.2 Å². The molecule has 1 aromatic rings. The van der Waals surface area contributed by atoms with E-state index in [4.69, 9.17) is 4.74 Å². The van der Waals surface area contributed by atoms with Crippen LogP contribution in [-0.4, -0.2) is 53.4 Å². The van der Waals surface area contributed by atoms with Crippen LogP contribution in [0.25, 0.3) is 0 Å². The van der Waals surface area contributed by atoms with E-state index in [-0.39, 0.29) is 24.4 Å². The van der Waals surface area contributed by atoms with Crippen LogP contribution in [0.2, 0.25) is 0 Å². The molecular weight excluding hydrogens is 300 g/mol. The molecule has 5 nitrogen and oxygen atoms in total. The Balaban J connectivity index is 1.72. The molecule has 0 bridgehead atoms. The number of nitrogens with zero attached hydrogens (tertiary/aromatic N) is 2. The fourth-order valence-electron chi connectivity index (χ4n) is 3.05. The minimum atomic E-state index is 0.0427. The average molecular weight is 320 g/mol. The van der Waals surface area contributed by atoms with Gasteiger partial charge in [0, 0.05) is 6.54 Å². The first-order valence-electron chi connectivity index (χ1n) is 7.48. The predicted octanol–water partition coefficient (Wildman–Crippen LogP) is 1.89. The second-order valence-corrected chi connectivity index (χ2v) is 6.55. The van der Waals surface area contributed by atoms with Gasteiger partial charge in [0.15, 0.2) is 0 Å². The molecule has 0 unspecified atom stereocenters. The quantitative estimate of drug-likeness (QED) is 0.850. The third-order valence-corrected chi connectivity index (χ3v) is 5.15. The number of carbonyl (C=O) groups is 2. The van der Waals surface area contributed by atoms with Crippen molar-refractivity contribution >= 4 is 23.6 Å². The maximum absolute atomic E-state index is 12.6. The van der Waals surface area contributed by atoms with Crippen molar-refractivity contribution in [3.8, 4) is 5.75 Å². The van der Waals surface area contributed by atoms with Gasteiger partial charge in [-0.05, 0) is 30.5 Å². The van der Waals surface area contributed by atoms with Gasteiger partial charge in [0.2, 0.25) is 11.8 Å². The van der Waals surface area contributed by atoms with Gasteiger partial charge < -0.3 is 14.5 Å². The molecule has 0 spiro atoms. The molecule has 1 aromatic carbocycles. The van der Waals surface area contributed by atoms with Gasteiger partial charge in [-0.1, -0.05) is 12.1 Å². The summed E-state index contributed by atoms with van der Waals surface area (Å²) in [4.78, 5) is 27.8. The number of amides is 2. The Morgan fingerprint density at radius 2 is 2.32 bits per heavy atom. The van der Waals surface area contributed by atoms with Crippen LogP contribution in [0.3, 0.4) is 0 Å². The first-order chi connectivity index (χ1) is 10.7. The summed E-state index contributed by atoms with van der Waals surface area (Å²) in [6, 6.07) is 7.98. The number of hydrogen-bond donors (Lipinski definition) is 0. The van der Waals surface area contributed by atoms with Crippen LogP contribution in [0.5, 0.6) is 5.75 Å². The molecule has 2 amide bonds. The minimum absolute atomic E-state index is 0.0427. The highest BCUT2D eigenvalue weighted by Crippen LogP contribution is 2.33. The van der Waals surface area contributed by atoms with E-state index < -0.39 is 0 Å². The molecule has 2 fully saturated rings. The predicted molar refractivity (Wildman–Crippen MR) is 85.7 cm³/mol. The van der Waals surface area contributed by atoms with E-state index in [2.05, 4.69) is 0 Å². The fourth-order valence-corrected chi connectivity index (χ4v) is 3.96. The van der Waals surface area contributed by atoms with Gasteiger partial charge in [-0.2, -0.15) is 0 Å². The summed E-state index contributed by atoms with van der Waals surface area (Å²) in [5, 5.41) is 0. The highest BCUT2D eigenvalue weighted by atomic mass is 32.2. The number of carbonyl (C=O) groups excluding carboxylic acids is 2. The zero-order valence-electron chi connectivity index (χ0n) is 12.7. The second-order valence-electron chi connectivity index (χ2n) is 5.59. The molecule has 6 heteroatoms. The lowest BCUT2D eigenvalue weighted by molar-refractivity contribution is -0.138. The number of hydrogen-bond acceptors (Lipinski definition) is 4. The molecule has 0 saturated carbocycles. The van der Waals surface area contributed by atoms with E-state index in [1.54, 1.807) is 23.8 Å². The van der Waals surface area contributed by atoms with Gasteiger partial charge in [0.1, 0.15) is 12.3 Å². The van der Waals surface area contributed by atoms with Crippen molar-refractivity contribution in [3.63, 3.8) is 0 Å². The highest BCUT2D eigenvalue weighted by molar-refractivity contribution is 8.00. The molecule has 0 aliphatic carbocycles. The van der Waals surface area contributed by atoms with Crippen LogP contribution in [0.15, 0.2) is 24.3 Å². The Labute approximate surface area is 134 Å². The molecule has 1 atom stereocenters. The topological polar surface area (TPSA) is 49.9 Å². The van der Waals surface area contributed by atoms with Gasteiger partial charge >= 0.3 is 0 Å². The lowest BCUT2D eigenvalue weighted by atomic mass is 10.0. The van der Waals surface area contributed by atoms with Crippen molar-refractivity contribution in [3.05, 3.63) is 29.8 Å².